The fraction of sp³-hybridized carbons (Fsp3) is 0.421. The topological polar surface area (TPSA) is 76.5 Å². The summed E-state index contributed by atoms with van der Waals surface area (Å²) in [6.45, 7) is 3.48. The van der Waals surface area contributed by atoms with Gasteiger partial charge in [-0.1, -0.05) is 17.7 Å². The van der Waals surface area contributed by atoms with Gasteiger partial charge in [-0.05, 0) is 38.3 Å². The van der Waals surface area contributed by atoms with E-state index in [0.717, 1.165) is 37.9 Å². The smallest absolute Gasteiger partial charge is 0.292 e. The molecule has 1 aromatic heterocycles. The predicted octanol–water partition coefficient (Wildman–Crippen LogP) is 2.10. The molecule has 0 bridgehead atoms. The molecule has 1 amide bonds. The summed E-state index contributed by atoms with van der Waals surface area (Å²) in [7, 11) is 1.61. The first-order chi connectivity index (χ1) is 12.5. The third-order valence-corrected chi connectivity index (χ3v) is 4.45. The second-order valence-electron chi connectivity index (χ2n) is 6.53. The van der Waals surface area contributed by atoms with E-state index in [2.05, 4.69) is 10.4 Å². The Kier molecular flexibility index (Phi) is 5.55. The molecule has 7 nitrogen and oxygen atoms in total. The Hall–Kier alpha value is -2.83. The van der Waals surface area contributed by atoms with E-state index < -0.39 is 0 Å². The molecule has 1 aliphatic rings. The standard InChI is InChI=1S/C19H24N4O3/c1-14-6-8-15(9-7-14)26-13-17(24)21-16-12-20-22(2)19(25)18(16)23-10-4-3-5-11-23/h6-9,12H,3-5,10-11,13H2,1-2H3,(H,21,24). The van der Waals surface area contributed by atoms with E-state index in [0.29, 0.717) is 17.1 Å². The lowest BCUT2D eigenvalue weighted by Crippen LogP contribution is -2.37. The van der Waals surface area contributed by atoms with E-state index in [1.165, 1.54) is 10.9 Å². The van der Waals surface area contributed by atoms with E-state index in [1.54, 1.807) is 7.05 Å². The van der Waals surface area contributed by atoms with Gasteiger partial charge in [0, 0.05) is 20.1 Å². The summed E-state index contributed by atoms with van der Waals surface area (Å²) < 4.78 is 6.80. The van der Waals surface area contributed by atoms with Crippen molar-refractivity contribution in [2.75, 3.05) is 29.9 Å². The summed E-state index contributed by atoms with van der Waals surface area (Å²) in [6.07, 6.45) is 4.76. The molecule has 26 heavy (non-hydrogen) atoms. The number of hydrogen-bond acceptors (Lipinski definition) is 5. The summed E-state index contributed by atoms with van der Waals surface area (Å²) in [5, 5.41) is 6.81. The van der Waals surface area contributed by atoms with Crippen LogP contribution in [0, 0.1) is 6.92 Å². The van der Waals surface area contributed by atoms with Crippen LogP contribution < -0.4 is 20.5 Å². The molecule has 1 N–H and O–H groups in total. The molecular weight excluding hydrogens is 332 g/mol. The van der Waals surface area contributed by atoms with Crippen molar-refractivity contribution in [1.82, 2.24) is 9.78 Å². The fourth-order valence-electron chi connectivity index (χ4n) is 3.01. The van der Waals surface area contributed by atoms with Gasteiger partial charge in [0.2, 0.25) is 0 Å². The fourth-order valence-corrected chi connectivity index (χ4v) is 3.01. The number of anilines is 2. The molecule has 0 unspecified atom stereocenters. The molecule has 0 radical (unpaired) electrons. The average Bonchev–Trinajstić information content (AvgIpc) is 2.65. The molecule has 0 aliphatic carbocycles. The SMILES string of the molecule is Cc1ccc(OCC(=O)Nc2cnn(C)c(=O)c2N2CCCCC2)cc1. The minimum absolute atomic E-state index is 0.127. The summed E-state index contributed by atoms with van der Waals surface area (Å²) in [4.78, 5) is 26.9. The van der Waals surface area contributed by atoms with Crippen LogP contribution in [0.15, 0.2) is 35.3 Å². The molecule has 1 aromatic carbocycles. The number of nitrogens with one attached hydrogen (secondary N) is 1. The van der Waals surface area contributed by atoms with E-state index in [1.807, 2.05) is 36.1 Å². The first-order valence-corrected chi connectivity index (χ1v) is 8.85. The zero-order chi connectivity index (χ0) is 18.5. The molecule has 1 fully saturated rings. The van der Waals surface area contributed by atoms with Gasteiger partial charge in [0.05, 0.1) is 11.9 Å². The first kappa shape index (κ1) is 18.0. The molecule has 1 aliphatic heterocycles. The number of amides is 1. The third kappa shape index (κ3) is 4.22. The van der Waals surface area contributed by atoms with Gasteiger partial charge in [-0.25, -0.2) is 4.68 Å². The Labute approximate surface area is 152 Å². The van der Waals surface area contributed by atoms with Gasteiger partial charge in [-0.2, -0.15) is 5.10 Å². The predicted molar refractivity (Wildman–Crippen MR) is 101 cm³/mol. The number of carbonyl (C=O) groups is 1. The van der Waals surface area contributed by atoms with Crippen molar-refractivity contribution in [2.24, 2.45) is 7.05 Å². The zero-order valence-corrected chi connectivity index (χ0v) is 15.2. The minimum Gasteiger partial charge on any atom is -0.484 e. The van der Waals surface area contributed by atoms with Crippen LogP contribution in [0.4, 0.5) is 11.4 Å². The molecule has 2 heterocycles. The van der Waals surface area contributed by atoms with Crippen LogP contribution >= 0.6 is 0 Å². The highest BCUT2D eigenvalue weighted by Gasteiger charge is 2.20. The molecule has 0 atom stereocenters. The average molecular weight is 356 g/mol. The van der Waals surface area contributed by atoms with E-state index in [-0.39, 0.29) is 18.1 Å². The highest BCUT2D eigenvalue weighted by atomic mass is 16.5. The van der Waals surface area contributed by atoms with Crippen molar-refractivity contribution in [3.05, 3.63) is 46.4 Å². The largest absolute Gasteiger partial charge is 0.484 e. The number of carbonyl (C=O) groups excluding carboxylic acids is 1. The molecule has 138 valence electrons. The number of nitrogens with zero attached hydrogens (tertiary/aromatic N) is 3. The number of rotatable bonds is 5. The van der Waals surface area contributed by atoms with E-state index >= 15 is 0 Å². The van der Waals surface area contributed by atoms with Crippen molar-refractivity contribution in [1.29, 1.82) is 0 Å². The second kappa shape index (κ2) is 8.03. The number of hydrogen-bond donors (Lipinski definition) is 1. The summed E-state index contributed by atoms with van der Waals surface area (Å²) >= 11 is 0. The Morgan fingerprint density at radius 2 is 1.88 bits per heavy atom. The van der Waals surface area contributed by atoms with Crippen molar-refractivity contribution < 1.29 is 9.53 Å². The lowest BCUT2D eigenvalue weighted by Gasteiger charge is -2.29. The normalized spacial score (nSPS) is 14.2. The van der Waals surface area contributed by atoms with Gasteiger partial charge in [0.15, 0.2) is 6.61 Å². The van der Waals surface area contributed by atoms with Crippen LogP contribution in [0.5, 0.6) is 5.75 Å². The van der Waals surface area contributed by atoms with Crippen LogP contribution in [0.1, 0.15) is 24.8 Å². The maximum absolute atomic E-state index is 12.6. The lowest BCUT2D eigenvalue weighted by molar-refractivity contribution is -0.118. The van der Waals surface area contributed by atoms with E-state index in [9.17, 15) is 9.59 Å². The van der Waals surface area contributed by atoms with E-state index in [4.69, 9.17) is 4.74 Å². The zero-order valence-electron chi connectivity index (χ0n) is 15.2. The van der Waals surface area contributed by atoms with Gasteiger partial charge in [-0.15, -0.1) is 0 Å². The van der Waals surface area contributed by atoms with Crippen LogP contribution in [0.3, 0.4) is 0 Å². The lowest BCUT2D eigenvalue weighted by atomic mass is 10.1. The van der Waals surface area contributed by atoms with Crippen molar-refractivity contribution in [2.45, 2.75) is 26.2 Å². The number of aromatic nitrogens is 2. The first-order valence-electron chi connectivity index (χ1n) is 8.85. The van der Waals surface area contributed by atoms with Crippen LogP contribution in [0.25, 0.3) is 0 Å². The van der Waals surface area contributed by atoms with Crippen LogP contribution in [0.2, 0.25) is 0 Å². The van der Waals surface area contributed by atoms with Gasteiger partial charge >= 0.3 is 0 Å². The Morgan fingerprint density at radius 3 is 2.58 bits per heavy atom. The van der Waals surface area contributed by atoms with Gasteiger partial charge in [0.1, 0.15) is 11.4 Å². The third-order valence-electron chi connectivity index (χ3n) is 4.45. The Bertz CT molecular complexity index is 824. The maximum Gasteiger partial charge on any atom is 0.292 e. The number of benzene rings is 1. The van der Waals surface area contributed by atoms with Gasteiger partial charge < -0.3 is 15.0 Å². The molecular formula is C19H24N4O3. The molecule has 0 saturated carbocycles. The monoisotopic (exact) mass is 356 g/mol. The second-order valence-corrected chi connectivity index (χ2v) is 6.53. The van der Waals surface area contributed by atoms with Crippen molar-refractivity contribution >= 4 is 17.3 Å². The van der Waals surface area contributed by atoms with Crippen molar-refractivity contribution in [3.63, 3.8) is 0 Å². The Balaban J connectivity index is 1.72. The van der Waals surface area contributed by atoms with Crippen molar-refractivity contribution in [3.8, 4) is 5.75 Å². The molecule has 7 heteroatoms. The molecule has 3 rings (SSSR count). The quantitative estimate of drug-likeness (QED) is 0.888. The highest BCUT2D eigenvalue weighted by Crippen LogP contribution is 2.24. The minimum atomic E-state index is -0.320. The summed E-state index contributed by atoms with van der Waals surface area (Å²) in [5.41, 5.74) is 1.86. The maximum atomic E-state index is 12.6. The summed E-state index contributed by atoms with van der Waals surface area (Å²) in [6, 6.07) is 7.49. The van der Waals surface area contributed by atoms with Crippen LogP contribution in [-0.4, -0.2) is 35.4 Å². The number of piperidine rings is 1. The van der Waals surface area contributed by atoms with Gasteiger partial charge in [0.25, 0.3) is 11.5 Å². The van der Waals surface area contributed by atoms with Gasteiger partial charge in [-0.3, -0.25) is 9.59 Å². The Morgan fingerprint density at radius 1 is 1.19 bits per heavy atom. The molecule has 1 saturated heterocycles. The molecule has 2 aromatic rings. The number of aryl methyl sites for hydroxylation is 2. The highest BCUT2D eigenvalue weighted by molar-refractivity contribution is 5.94. The summed E-state index contributed by atoms with van der Waals surface area (Å²) in [5.74, 6) is 0.308. The van der Waals surface area contributed by atoms with Crippen LogP contribution in [-0.2, 0) is 11.8 Å². The number of ether oxygens (including phenoxy) is 1. The molecule has 0 spiro atoms.